The van der Waals surface area contributed by atoms with Crippen LogP contribution in [-0.2, 0) is 6.61 Å². The molecule has 0 saturated heterocycles. The van der Waals surface area contributed by atoms with Crippen LogP contribution in [0.5, 0.6) is 17.2 Å². The number of nitrogens with one attached hydrogen (secondary N) is 1. The van der Waals surface area contributed by atoms with Gasteiger partial charge in [0, 0.05) is 10.6 Å². The lowest BCUT2D eigenvalue weighted by molar-refractivity contribution is 0.0955. The molecule has 0 atom stereocenters. The molecule has 0 spiro atoms. The molecule has 0 aliphatic carbocycles. The fourth-order valence-electron chi connectivity index (χ4n) is 2.64. The molecule has 30 heavy (non-hydrogen) atoms. The van der Waals surface area contributed by atoms with E-state index in [0.29, 0.717) is 34.4 Å². The Bertz CT molecular complexity index is 1040. The van der Waals surface area contributed by atoms with Crippen LogP contribution in [0.15, 0.2) is 71.8 Å². The largest absolute Gasteiger partial charge is 0.497 e. The first-order valence-electron chi connectivity index (χ1n) is 9.12. The van der Waals surface area contributed by atoms with Crippen LogP contribution in [-0.4, -0.2) is 26.3 Å². The van der Waals surface area contributed by atoms with E-state index < -0.39 is 0 Å². The number of carbonyl (C=O) groups excluding carboxylic acids is 1. The summed E-state index contributed by atoms with van der Waals surface area (Å²) in [4.78, 5) is 12.1. The summed E-state index contributed by atoms with van der Waals surface area (Å²) in [5.41, 5.74) is 4.68. The van der Waals surface area contributed by atoms with E-state index in [1.54, 1.807) is 50.6 Å². The number of rotatable bonds is 8. The van der Waals surface area contributed by atoms with Crippen LogP contribution < -0.4 is 19.6 Å². The maximum Gasteiger partial charge on any atom is 0.271 e. The third kappa shape index (κ3) is 5.75. The van der Waals surface area contributed by atoms with E-state index in [9.17, 15) is 4.79 Å². The fraction of sp³-hybridized carbons (Fsp3) is 0.130. The highest BCUT2D eigenvalue weighted by molar-refractivity contribution is 6.30. The number of amides is 1. The van der Waals surface area contributed by atoms with Crippen molar-refractivity contribution in [1.29, 1.82) is 0 Å². The third-order valence-corrected chi connectivity index (χ3v) is 4.44. The molecule has 0 fully saturated rings. The Morgan fingerprint density at radius 1 is 1.00 bits per heavy atom. The predicted molar refractivity (Wildman–Crippen MR) is 117 cm³/mol. The van der Waals surface area contributed by atoms with Gasteiger partial charge in [0.15, 0.2) is 11.5 Å². The summed E-state index contributed by atoms with van der Waals surface area (Å²) in [6, 6.07) is 19.6. The maximum atomic E-state index is 12.1. The molecule has 0 aromatic heterocycles. The molecule has 3 rings (SSSR count). The number of methoxy groups -OCH3 is 2. The Morgan fingerprint density at radius 2 is 1.80 bits per heavy atom. The minimum atomic E-state index is -0.317. The van der Waals surface area contributed by atoms with Gasteiger partial charge in [-0.25, -0.2) is 5.43 Å². The monoisotopic (exact) mass is 424 g/mol. The van der Waals surface area contributed by atoms with Crippen molar-refractivity contribution in [1.82, 2.24) is 5.43 Å². The van der Waals surface area contributed by atoms with E-state index in [-0.39, 0.29) is 5.91 Å². The van der Waals surface area contributed by atoms with Gasteiger partial charge in [-0.3, -0.25) is 4.79 Å². The topological polar surface area (TPSA) is 69.2 Å². The zero-order valence-electron chi connectivity index (χ0n) is 16.6. The SMILES string of the molecule is COc1ccc(C(=O)N/N=C\c2ccc(OCc3cccc(Cl)c3)c(OC)c2)cc1. The fourth-order valence-corrected chi connectivity index (χ4v) is 2.86. The van der Waals surface area contributed by atoms with E-state index >= 15 is 0 Å². The lowest BCUT2D eigenvalue weighted by Gasteiger charge is -2.11. The number of hydrogen-bond acceptors (Lipinski definition) is 5. The van der Waals surface area contributed by atoms with E-state index in [2.05, 4.69) is 10.5 Å². The highest BCUT2D eigenvalue weighted by Crippen LogP contribution is 2.28. The van der Waals surface area contributed by atoms with Gasteiger partial charge in [0.2, 0.25) is 0 Å². The molecule has 0 radical (unpaired) electrons. The average molecular weight is 425 g/mol. The van der Waals surface area contributed by atoms with Gasteiger partial charge in [0.1, 0.15) is 12.4 Å². The van der Waals surface area contributed by atoms with Gasteiger partial charge in [0.25, 0.3) is 5.91 Å². The van der Waals surface area contributed by atoms with Gasteiger partial charge in [-0.2, -0.15) is 5.10 Å². The second-order valence-corrected chi connectivity index (χ2v) is 6.69. The minimum Gasteiger partial charge on any atom is -0.497 e. The molecule has 3 aromatic rings. The maximum absolute atomic E-state index is 12.1. The first-order valence-corrected chi connectivity index (χ1v) is 9.49. The number of benzene rings is 3. The third-order valence-electron chi connectivity index (χ3n) is 4.20. The second kappa shape index (κ2) is 10.3. The Kier molecular flexibility index (Phi) is 7.29. The number of halogens is 1. The quantitative estimate of drug-likeness (QED) is 0.420. The molecule has 0 bridgehead atoms. The van der Waals surface area contributed by atoms with Crippen molar-refractivity contribution < 1.29 is 19.0 Å². The highest BCUT2D eigenvalue weighted by atomic mass is 35.5. The van der Waals surface area contributed by atoms with Crippen LogP contribution in [0.25, 0.3) is 0 Å². The lowest BCUT2D eigenvalue weighted by atomic mass is 10.2. The Hall–Kier alpha value is -3.51. The van der Waals surface area contributed by atoms with Gasteiger partial charge in [-0.05, 0) is 65.7 Å². The van der Waals surface area contributed by atoms with Crippen molar-refractivity contribution in [3.8, 4) is 17.2 Å². The number of hydrazone groups is 1. The van der Waals surface area contributed by atoms with Crippen molar-refractivity contribution in [3.05, 3.63) is 88.4 Å². The minimum absolute atomic E-state index is 0.317. The lowest BCUT2D eigenvalue weighted by Crippen LogP contribution is -2.17. The van der Waals surface area contributed by atoms with Gasteiger partial charge in [0.05, 0.1) is 20.4 Å². The summed E-state index contributed by atoms with van der Waals surface area (Å²) in [6.45, 7) is 0.363. The molecular formula is C23H21ClN2O4. The average Bonchev–Trinajstić information content (AvgIpc) is 2.78. The number of carbonyl (C=O) groups is 1. The van der Waals surface area contributed by atoms with Gasteiger partial charge in [-0.15, -0.1) is 0 Å². The number of hydrogen-bond donors (Lipinski definition) is 1. The summed E-state index contributed by atoms with van der Waals surface area (Å²) in [6.07, 6.45) is 1.53. The molecule has 0 unspecified atom stereocenters. The first kappa shape index (κ1) is 21.2. The van der Waals surface area contributed by atoms with Crippen molar-refractivity contribution >= 4 is 23.7 Å². The van der Waals surface area contributed by atoms with E-state index in [1.807, 2.05) is 30.3 Å². The first-order chi connectivity index (χ1) is 14.6. The van der Waals surface area contributed by atoms with Crippen LogP contribution in [0.3, 0.4) is 0 Å². The van der Waals surface area contributed by atoms with Crippen LogP contribution in [0, 0.1) is 0 Å². The number of ether oxygens (including phenoxy) is 3. The van der Waals surface area contributed by atoms with Gasteiger partial charge < -0.3 is 14.2 Å². The van der Waals surface area contributed by atoms with Gasteiger partial charge in [-0.1, -0.05) is 23.7 Å². The van der Waals surface area contributed by atoms with Crippen LogP contribution in [0.2, 0.25) is 5.02 Å². The van der Waals surface area contributed by atoms with E-state index in [4.69, 9.17) is 25.8 Å². The zero-order valence-corrected chi connectivity index (χ0v) is 17.3. The van der Waals surface area contributed by atoms with Crippen molar-refractivity contribution in [2.45, 2.75) is 6.61 Å². The highest BCUT2D eigenvalue weighted by Gasteiger charge is 2.07. The van der Waals surface area contributed by atoms with Crippen LogP contribution in [0.1, 0.15) is 21.5 Å². The van der Waals surface area contributed by atoms with E-state index in [0.717, 1.165) is 11.1 Å². The summed E-state index contributed by atoms with van der Waals surface area (Å²) in [7, 11) is 3.13. The molecular weight excluding hydrogens is 404 g/mol. The number of nitrogens with zero attached hydrogens (tertiary/aromatic N) is 1. The molecule has 0 aliphatic rings. The van der Waals surface area contributed by atoms with Crippen LogP contribution in [0.4, 0.5) is 0 Å². The van der Waals surface area contributed by atoms with Crippen molar-refractivity contribution in [3.63, 3.8) is 0 Å². The molecule has 0 saturated carbocycles. The van der Waals surface area contributed by atoms with Crippen molar-refractivity contribution in [2.75, 3.05) is 14.2 Å². The summed E-state index contributed by atoms with van der Waals surface area (Å²) in [5, 5.41) is 4.66. The van der Waals surface area contributed by atoms with Gasteiger partial charge >= 0.3 is 0 Å². The molecule has 7 heteroatoms. The van der Waals surface area contributed by atoms with Crippen molar-refractivity contribution in [2.24, 2.45) is 5.10 Å². The predicted octanol–water partition coefficient (Wildman–Crippen LogP) is 4.70. The molecule has 154 valence electrons. The summed E-state index contributed by atoms with van der Waals surface area (Å²) < 4.78 is 16.3. The molecule has 0 heterocycles. The smallest absolute Gasteiger partial charge is 0.271 e. The molecule has 1 N–H and O–H groups in total. The Balaban J connectivity index is 1.61. The zero-order chi connectivity index (χ0) is 21.3. The second-order valence-electron chi connectivity index (χ2n) is 6.26. The Labute approximate surface area is 180 Å². The summed E-state index contributed by atoms with van der Waals surface area (Å²) >= 11 is 6.00. The van der Waals surface area contributed by atoms with Crippen LogP contribution >= 0.6 is 11.6 Å². The molecule has 0 aliphatic heterocycles. The van der Waals surface area contributed by atoms with E-state index in [1.165, 1.54) is 6.21 Å². The Morgan fingerprint density at radius 3 is 2.50 bits per heavy atom. The molecule has 3 aromatic carbocycles. The standard InChI is InChI=1S/C23H21ClN2O4/c1-28-20-9-7-18(8-10-20)23(27)26-25-14-16-6-11-21(22(13-16)29-2)30-15-17-4-3-5-19(24)12-17/h3-14H,15H2,1-2H3,(H,26,27)/b25-14-. The molecule has 6 nitrogen and oxygen atoms in total. The molecule has 1 amide bonds. The summed E-state index contributed by atoms with van der Waals surface area (Å²) in [5.74, 6) is 1.52. The normalized spacial score (nSPS) is 10.6.